The summed E-state index contributed by atoms with van der Waals surface area (Å²) < 4.78 is 0. The van der Waals surface area contributed by atoms with E-state index in [2.05, 4.69) is 23.5 Å². The van der Waals surface area contributed by atoms with E-state index in [0.29, 0.717) is 0 Å². The highest BCUT2D eigenvalue weighted by Gasteiger charge is 2.15. The van der Waals surface area contributed by atoms with Gasteiger partial charge in [0.2, 0.25) is 0 Å². The van der Waals surface area contributed by atoms with E-state index in [1.54, 1.807) is 11.8 Å². The van der Waals surface area contributed by atoms with E-state index in [1.165, 1.54) is 21.6 Å². The van der Waals surface area contributed by atoms with E-state index < -0.39 is 0 Å². The van der Waals surface area contributed by atoms with Gasteiger partial charge in [0.1, 0.15) is 0 Å². The van der Waals surface area contributed by atoms with E-state index in [4.69, 9.17) is 11.1 Å². The highest BCUT2D eigenvalue weighted by atomic mass is 32.2. The van der Waals surface area contributed by atoms with Crippen LogP contribution in [0.2, 0.25) is 0 Å². The Bertz CT molecular complexity index is 625. The first kappa shape index (κ1) is 11.5. The van der Waals surface area contributed by atoms with Crippen molar-refractivity contribution in [1.82, 2.24) is 0 Å². The highest BCUT2D eigenvalue weighted by Crippen LogP contribution is 2.44. The van der Waals surface area contributed by atoms with Crippen LogP contribution in [0.3, 0.4) is 0 Å². The van der Waals surface area contributed by atoms with Crippen LogP contribution >= 0.6 is 23.5 Å². The van der Waals surface area contributed by atoms with Gasteiger partial charge in [-0.15, -0.1) is 0 Å². The summed E-state index contributed by atoms with van der Waals surface area (Å²) in [5, 5.41) is 10.8. The summed E-state index contributed by atoms with van der Waals surface area (Å²) >= 11 is 3.01. The summed E-state index contributed by atoms with van der Waals surface area (Å²) in [5.74, 6) is 0. The molecule has 0 atom stereocenters. The van der Waals surface area contributed by atoms with E-state index in [0.717, 1.165) is 16.3 Å². The normalized spacial score (nSPS) is 12.2. The number of amidine groups is 1. The maximum absolute atomic E-state index is 7.31. The number of para-hydroxylation sites is 1. The Morgan fingerprint density at radius 2 is 1.89 bits per heavy atom. The summed E-state index contributed by atoms with van der Waals surface area (Å²) in [6.45, 7) is 0. The topological polar surface area (TPSA) is 61.9 Å². The van der Waals surface area contributed by atoms with Crippen LogP contribution in [0.1, 0.15) is 0 Å². The van der Waals surface area contributed by atoms with Crippen molar-refractivity contribution in [3.05, 3.63) is 42.5 Å². The predicted molar refractivity (Wildman–Crippen MR) is 78.1 cm³/mol. The average molecular weight is 273 g/mol. The minimum absolute atomic E-state index is 0.115. The van der Waals surface area contributed by atoms with E-state index in [-0.39, 0.29) is 5.17 Å². The number of nitrogens with one attached hydrogen (secondary N) is 2. The first-order chi connectivity index (χ1) is 8.72. The number of anilines is 2. The van der Waals surface area contributed by atoms with Gasteiger partial charge in [-0.1, -0.05) is 35.7 Å². The summed E-state index contributed by atoms with van der Waals surface area (Å²) in [4.78, 5) is 3.38. The molecule has 0 saturated carbocycles. The van der Waals surface area contributed by atoms with E-state index in [9.17, 15) is 0 Å². The Morgan fingerprint density at radius 3 is 2.72 bits per heavy atom. The lowest BCUT2D eigenvalue weighted by Gasteiger charge is -2.21. The monoisotopic (exact) mass is 273 g/mol. The predicted octanol–water partition coefficient (Wildman–Crippen LogP) is 3.88. The standard InChI is InChI=1S/C13H11N3S2/c14-13(15)17-8-5-6-10-12(7-8)18-11-4-2-1-3-9(11)16-10/h1-7,16H,(H3,14,15). The van der Waals surface area contributed by atoms with Crippen molar-refractivity contribution in [2.24, 2.45) is 5.73 Å². The third-order valence-electron chi connectivity index (χ3n) is 2.56. The summed E-state index contributed by atoms with van der Waals surface area (Å²) in [6.07, 6.45) is 0. The third kappa shape index (κ3) is 2.19. The zero-order chi connectivity index (χ0) is 12.5. The average Bonchev–Trinajstić information content (AvgIpc) is 2.35. The Labute approximate surface area is 114 Å². The molecule has 90 valence electrons. The number of hydrogen-bond acceptors (Lipinski definition) is 4. The number of thioether (sulfide) groups is 1. The van der Waals surface area contributed by atoms with Crippen LogP contribution in [0.4, 0.5) is 11.4 Å². The van der Waals surface area contributed by atoms with Gasteiger partial charge in [-0.25, -0.2) is 0 Å². The first-order valence-corrected chi connectivity index (χ1v) is 7.05. The first-order valence-electron chi connectivity index (χ1n) is 5.42. The lowest BCUT2D eigenvalue weighted by Crippen LogP contribution is -2.03. The third-order valence-corrected chi connectivity index (χ3v) is 4.40. The molecule has 1 aliphatic heterocycles. The molecule has 0 fully saturated rings. The Morgan fingerprint density at radius 1 is 1.11 bits per heavy atom. The number of hydrogen-bond donors (Lipinski definition) is 3. The van der Waals surface area contributed by atoms with Crippen molar-refractivity contribution in [2.45, 2.75) is 14.7 Å². The molecule has 0 radical (unpaired) electrons. The molecule has 0 unspecified atom stereocenters. The number of nitrogens with two attached hydrogens (primary N) is 1. The molecule has 0 aromatic heterocycles. The van der Waals surface area contributed by atoms with Crippen LogP contribution in [0.25, 0.3) is 0 Å². The largest absolute Gasteiger partial charge is 0.378 e. The Kier molecular flexibility index (Phi) is 2.93. The van der Waals surface area contributed by atoms with Crippen molar-refractivity contribution < 1.29 is 0 Å². The van der Waals surface area contributed by atoms with Crippen LogP contribution < -0.4 is 11.1 Å². The summed E-state index contributed by atoms with van der Waals surface area (Å²) in [5.41, 5.74) is 7.64. The second-order valence-corrected chi connectivity index (χ2v) is 6.05. The summed E-state index contributed by atoms with van der Waals surface area (Å²) in [7, 11) is 0. The second-order valence-electron chi connectivity index (χ2n) is 3.85. The van der Waals surface area contributed by atoms with Crippen molar-refractivity contribution >= 4 is 40.1 Å². The molecule has 0 spiro atoms. The quantitative estimate of drug-likeness (QED) is 0.358. The number of rotatable bonds is 1. The maximum Gasteiger partial charge on any atom is 0.155 e. The molecule has 4 N–H and O–H groups in total. The van der Waals surface area contributed by atoms with Crippen LogP contribution in [-0.2, 0) is 0 Å². The number of fused-ring (bicyclic) bond motifs is 2. The molecule has 1 aliphatic rings. The van der Waals surface area contributed by atoms with Crippen LogP contribution in [0.5, 0.6) is 0 Å². The molecular weight excluding hydrogens is 262 g/mol. The summed E-state index contributed by atoms with van der Waals surface area (Å²) in [6, 6.07) is 14.3. The van der Waals surface area contributed by atoms with Crippen LogP contribution in [0.15, 0.2) is 57.2 Å². The van der Waals surface area contributed by atoms with Crippen molar-refractivity contribution in [1.29, 1.82) is 5.41 Å². The molecule has 2 aromatic rings. The fraction of sp³-hybridized carbons (Fsp3) is 0. The molecule has 0 bridgehead atoms. The van der Waals surface area contributed by atoms with Gasteiger partial charge in [0.15, 0.2) is 5.17 Å². The molecule has 1 heterocycles. The molecule has 0 amide bonds. The zero-order valence-electron chi connectivity index (χ0n) is 9.44. The second kappa shape index (κ2) is 4.59. The smallest absolute Gasteiger partial charge is 0.155 e. The Balaban J connectivity index is 1.96. The molecule has 0 aliphatic carbocycles. The van der Waals surface area contributed by atoms with Gasteiger partial charge in [0, 0.05) is 14.7 Å². The minimum Gasteiger partial charge on any atom is -0.378 e. The Hall–Kier alpha value is -1.59. The molecule has 18 heavy (non-hydrogen) atoms. The fourth-order valence-electron chi connectivity index (χ4n) is 1.80. The number of benzene rings is 2. The molecular formula is C13H11N3S2. The fourth-order valence-corrected chi connectivity index (χ4v) is 3.47. The molecule has 2 aromatic carbocycles. The van der Waals surface area contributed by atoms with Crippen LogP contribution in [0, 0.1) is 5.41 Å². The SMILES string of the molecule is N=C(N)Sc1ccc2c(c1)Sc1ccccc1N2. The minimum atomic E-state index is 0.115. The highest BCUT2D eigenvalue weighted by molar-refractivity contribution is 8.13. The van der Waals surface area contributed by atoms with E-state index >= 15 is 0 Å². The van der Waals surface area contributed by atoms with Gasteiger partial charge in [-0.05, 0) is 30.3 Å². The zero-order valence-corrected chi connectivity index (χ0v) is 11.1. The van der Waals surface area contributed by atoms with Crippen LogP contribution in [-0.4, -0.2) is 5.17 Å². The van der Waals surface area contributed by atoms with Gasteiger partial charge < -0.3 is 11.1 Å². The van der Waals surface area contributed by atoms with Gasteiger partial charge in [0.25, 0.3) is 0 Å². The van der Waals surface area contributed by atoms with Gasteiger partial charge in [0.05, 0.1) is 11.4 Å². The molecule has 3 rings (SSSR count). The molecule has 3 nitrogen and oxygen atoms in total. The molecule has 0 saturated heterocycles. The lowest BCUT2D eigenvalue weighted by atomic mass is 10.2. The van der Waals surface area contributed by atoms with Crippen molar-refractivity contribution in [3.63, 3.8) is 0 Å². The van der Waals surface area contributed by atoms with E-state index in [1.807, 2.05) is 24.3 Å². The van der Waals surface area contributed by atoms with Crippen molar-refractivity contribution in [2.75, 3.05) is 5.32 Å². The van der Waals surface area contributed by atoms with Gasteiger partial charge in [-0.2, -0.15) is 0 Å². The molecule has 5 heteroatoms. The van der Waals surface area contributed by atoms with Crippen molar-refractivity contribution in [3.8, 4) is 0 Å². The maximum atomic E-state index is 7.31. The van der Waals surface area contributed by atoms with Gasteiger partial charge in [-0.3, -0.25) is 5.41 Å². The van der Waals surface area contributed by atoms with Gasteiger partial charge >= 0.3 is 0 Å². The lowest BCUT2D eigenvalue weighted by molar-refractivity contribution is 1.27.